The molecule has 0 aromatic heterocycles. The lowest BCUT2D eigenvalue weighted by Crippen LogP contribution is -2.15. The molecule has 0 N–H and O–H groups in total. The molecule has 0 aliphatic heterocycles. The lowest BCUT2D eigenvalue weighted by atomic mass is 10.0. The summed E-state index contributed by atoms with van der Waals surface area (Å²) >= 11 is 0. The highest BCUT2D eigenvalue weighted by atomic mass is 32.3. The molecule has 2 atom stereocenters. The summed E-state index contributed by atoms with van der Waals surface area (Å²) in [6.45, 7) is 2.09. The summed E-state index contributed by atoms with van der Waals surface area (Å²) in [5, 5.41) is -0.720. The highest BCUT2D eigenvalue weighted by Gasteiger charge is 2.27. The van der Waals surface area contributed by atoms with E-state index in [2.05, 4.69) is 6.92 Å². The smallest absolute Gasteiger partial charge is 0.195 e. The summed E-state index contributed by atoms with van der Waals surface area (Å²) in [5.74, 6) is 0.553. The van der Waals surface area contributed by atoms with Crippen LogP contribution in [0.4, 0.5) is 3.89 Å². The van der Waals surface area contributed by atoms with Gasteiger partial charge in [-0.3, -0.25) is 0 Å². The first-order valence-corrected chi connectivity index (χ1v) is 5.88. The van der Waals surface area contributed by atoms with Crippen LogP contribution in [0.25, 0.3) is 0 Å². The van der Waals surface area contributed by atoms with E-state index in [9.17, 15) is 12.3 Å². The maximum absolute atomic E-state index is 12.6. The first kappa shape index (κ1) is 9.96. The molecule has 0 bridgehead atoms. The average Bonchev–Trinajstić information content (AvgIpc) is 2.11. The Kier molecular flexibility index (Phi) is 3.09. The topological polar surface area (TPSA) is 34.1 Å². The van der Waals surface area contributed by atoms with E-state index in [4.69, 9.17) is 0 Å². The third kappa shape index (κ3) is 2.73. The molecule has 0 amide bonds. The average molecular weight is 194 g/mol. The molecular weight excluding hydrogens is 179 g/mol. The largest absolute Gasteiger partial charge is 0.305 e. The predicted molar refractivity (Wildman–Crippen MR) is 46.1 cm³/mol. The Labute approximate surface area is 73.4 Å². The molecule has 0 heterocycles. The van der Waals surface area contributed by atoms with Crippen LogP contribution in [-0.2, 0) is 10.2 Å². The van der Waals surface area contributed by atoms with Crippen LogP contribution in [0.15, 0.2) is 0 Å². The second-order valence-corrected chi connectivity index (χ2v) is 5.33. The van der Waals surface area contributed by atoms with Gasteiger partial charge >= 0.3 is 10.2 Å². The van der Waals surface area contributed by atoms with Gasteiger partial charge in [-0.2, -0.15) is 8.42 Å². The van der Waals surface area contributed by atoms with E-state index in [0.717, 1.165) is 19.3 Å². The minimum Gasteiger partial charge on any atom is -0.195 e. The summed E-state index contributed by atoms with van der Waals surface area (Å²) in [7, 11) is -4.27. The molecule has 12 heavy (non-hydrogen) atoms. The second-order valence-electron chi connectivity index (χ2n) is 3.71. The van der Waals surface area contributed by atoms with Crippen molar-refractivity contribution in [1.82, 2.24) is 0 Å². The Balaban J connectivity index is 2.58. The minimum absolute atomic E-state index is 0.500. The van der Waals surface area contributed by atoms with Crippen molar-refractivity contribution in [1.29, 1.82) is 0 Å². The van der Waals surface area contributed by atoms with Crippen LogP contribution in [0.2, 0.25) is 0 Å². The molecule has 0 spiro atoms. The van der Waals surface area contributed by atoms with Crippen LogP contribution in [0.3, 0.4) is 0 Å². The quantitative estimate of drug-likeness (QED) is 0.474. The van der Waals surface area contributed by atoms with Crippen molar-refractivity contribution in [2.45, 2.75) is 44.3 Å². The van der Waals surface area contributed by atoms with Gasteiger partial charge in [0, 0.05) is 0 Å². The lowest BCUT2D eigenvalue weighted by molar-refractivity contribution is 0.498. The van der Waals surface area contributed by atoms with E-state index >= 15 is 0 Å². The standard InChI is InChI=1S/C8H15FO2S/c1-7-3-2-4-8(6-5-7)12(9,10)11/h7-8H,2-6H2,1H3. The van der Waals surface area contributed by atoms with Crippen molar-refractivity contribution in [3.05, 3.63) is 0 Å². The Morgan fingerprint density at radius 3 is 2.42 bits per heavy atom. The molecule has 0 radical (unpaired) electrons. The molecule has 2 nitrogen and oxygen atoms in total. The number of hydrogen-bond donors (Lipinski definition) is 0. The summed E-state index contributed by atoms with van der Waals surface area (Å²) in [5.41, 5.74) is 0. The summed E-state index contributed by atoms with van der Waals surface area (Å²) in [6.07, 6.45) is 3.72. The fourth-order valence-corrected chi connectivity index (χ4v) is 2.60. The number of rotatable bonds is 1. The van der Waals surface area contributed by atoms with Gasteiger partial charge in [0.2, 0.25) is 0 Å². The van der Waals surface area contributed by atoms with E-state index in [1.165, 1.54) is 0 Å². The molecule has 1 aliphatic rings. The molecule has 2 unspecified atom stereocenters. The number of hydrogen-bond acceptors (Lipinski definition) is 2. The van der Waals surface area contributed by atoms with Gasteiger partial charge in [0.1, 0.15) is 0 Å². The van der Waals surface area contributed by atoms with E-state index in [0.29, 0.717) is 18.8 Å². The molecule has 0 saturated heterocycles. The van der Waals surface area contributed by atoms with Crippen LogP contribution < -0.4 is 0 Å². The SMILES string of the molecule is CC1CCCC(S(=O)(=O)F)CC1. The van der Waals surface area contributed by atoms with E-state index in [1.54, 1.807) is 0 Å². The van der Waals surface area contributed by atoms with E-state index in [-0.39, 0.29) is 0 Å². The Bertz CT molecular complexity index is 235. The molecule has 72 valence electrons. The Hall–Kier alpha value is -0.120. The van der Waals surface area contributed by atoms with Crippen LogP contribution >= 0.6 is 0 Å². The molecule has 4 heteroatoms. The predicted octanol–water partition coefficient (Wildman–Crippen LogP) is 2.25. The van der Waals surface area contributed by atoms with Gasteiger partial charge in [-0.1, -0.05) is 19.8 Å². The fourth-order valence-electron chi connectivity index (χ4n) is 1.73. The zero-order valence-electron chi connectivity index (χ0n) is 7.29. The van der Waals surface area contributed by atoms with E-state index < -0.39 is 15.5 Å². The number of halogens is 1. The van der Waals surface area contributed by atoms with Gasteiger partial charge in [0.05, 0.1) is 5.25 Å². The molecule has 1 fully saturated rings. The van der Waals surface area contributed by atoms with Crippen molar-refractivity contribution in [2.75, 3.05) is 0 Å². The molecular formula is C8H15FO2S. The maximum atomic E-state index is 12.6. The Morgan fingerprint density at radius 1 is 1.17 bits per heavy atom. The maximum Gasteiger partial charge on any atom is 0.305 e. The van der Waals surface area contributed by atoms with E-state index in [1.807, 2.05) is 0 Å². The van der Waals surface area contributed by atoms with Gasteiger partial charge < -0.3 is 0 Å². The minimum atomic E-state index is -4.27. The van der Waals surface area contributed by atoms with Gasteiger partial charge in [-0.25, -0.2) is 0 Å². The molecule has 0 aromatic carbocycles. The van der Waals surface area contributed by atoms with Crippen LogP contribution in [0.5, 0.6) is 0 Å². The molecule has 1 aliphatic carbocycles. The van der Waals surface area contributed by atoms with Crippen molar-refractivity contribution in [3.8, 4) is 0 Å². The van der Waals surface area contributed by atoms with Crippen LogP contribution in [0, 0.1) is 5.92 Å². The first-order chi connectivity index (χ1) is 5.50. The Morgan fingerprint density at radius 2 is 1.83 bits per heavy atom. The molecule has 1 rings (SSSR count). The lowest BCUT2D eigenvalue weighted by Gasteiger charge is -2.07. The first-order valence-electron chi connectivity index (χ1n) is 4.43. The summed E-state index contributed by atoms with van der Waals surface area (Å²) in [6, 6.07) is 0. The second kappa shape index (κ2) is 3.73. The third-order valence-electron chi connectivity index (χ3n) is 2.60. The zero-order valence-corrected chi connectivity index (χ0v) is 8.11. The summed E-state index contributed by atoms with van der Waals surface area (Å²) < 4.78 is 33.7. The monoisotopic (exact) mass is 194 g/mol. The van der Waals surface area contributed by atoms with Gasteiger partial charge in [-0.05, 0) is 25.2 Å². The zero-order chi connectivity index (χ0) is 9.19. The molecule has 0 aromatic rings. The van der Waals surface area contributed by atoms with Crippen molar-refractivity contribution >= 4 is 10.2 Å². The molecule has 1 saturated carbocycles. The van der Waals surface area contributed by atoms with Gasteiger partial charge in [-0.15, -0.1) is 3.89 Å². The van der Waals surface area contributed by atoms with Crippen molar-refractivity contribution in [3.63, 3.8) is 0 Å². The summed E-state index contributed by atoms with van der Waals surface area (Å²) in [4.78, 5) is 0. The third-order valence-corrected chi connectivity index (χ3v) is 3.87. The fraction of sp³-hybridized carbons (Fsp3) is 1.00. The van der Waals surface area contributed by atoms with Crippen LogP contribution in [0.1, 0.15) is 39.0 Å². The van der Waals surface area contributed by atoms with Gasteiger partial charge in [0.15, 0.2) is 0 Å². The highest BCUT2D eigenvalue weighted by molar-refractivity contribution is 7.87. The highest BCUT2D eigenvalue weighted by Crippen LogP contribution is 2.27. The van der Waals surface area contributed by atoms with Crippen molar-refractivity contribution in [2.24, 2.45) is 5.92 Å². The van der Waals surface area contributed by atoms with Crippen LogP contribution in [-0.4, -0.2) is 13.7 Å². The normalized spacial score (nSPS) is 32.8. The van der Waals surface area contributed by atoms with Gasteiger partial charge in [0.25, 0.3) is 0 Å². The van der Waals surface area contributed by atoms with Crippen molar-refractivity contribution < 1.29 is 12.3 Å².